The van der Waals surface area contributed by atoms with Crippen molar-refractivity contribution < 1.29 is 4.57 Å². The van der Waals surface area contributed by atoms with Crippen molar-refractivity contribution in [3.8, 4) is 11.3 Å². The fourth-order valence-electron chi connectivity index (χ4n) is 3.66. The Hall–Kier alpha value is -1.63. The second-order valence-corrected chi connectivity index (χ2v) is 7.23. The van der Waals surface area contributed by atoms with Crippen molar-refractivity contribution in [3.63, 3.8) is 0 Å². The number of benzene rings is 1. The Kier molecular flexibility index (Phi) is 3.20. The number of pyridine rings is 1. The van der Waals surface area contributed by atoms with Crippen LogP contribution in [0.4, 0.5) is 0 Å². The quantitative estimate of drug-likeness (QED) is 0.707. The van der Waals surface area contributed by atoms with Crippen LogP contribution in [-0.4, -0.2) is 0 Å². The van der Waals surface area contributed by atoms with Crippen molar-refractivity contribution in [3.05, 3.63) is 53.7 Å². The molecule has 2 heterocycles. The Bertz CT molecular complexity index is 680. The van der Waals surface area contributed by atoms with Gasteiger partial charge in [-0.25, -0.2) is 0 Å². The summed E-state index contributed by atoms with van der Waals surface area (Å²) < 4.78 is 2.50. The Morgan fingerprint density at radius 1 is 0.952 bits per heavy atom. The summed E-state index contributed by atoms with van der Waals surface area (Å²) in [5.74, 6) is 0. The highest BCUT2D eigenvalue weighted by Gasteiger charge is 2.52. The molecule has 0 aliphatic carbocycles. The molecule has 110 valence electrons. The highest BCUT2D eigenvalue weighted by Crippen LogP contribution is 2.46. The first kappa shape index (κ1) is 14.3. The second kappa shape index (κ2) is 4.69. The van der Waals surface area contributed by atoms with E-state index < -0.39 is 0 Å². The lowest BCUT2D eigenvalue weighted by Gasteiger charge is -2.42. The number of fused-ring (bicyclic) bond motifs is 3. The molecule has 2 aromatic rings. The summed E-state index contributed by atoms with van der Waals surface area (Å²) in [7, 11) is 0. The molecule has 21 heavy (non-hydrogen) atoms. The molecule has 0 bridgehead atoms. The predicted octanol–water partition coefficient (Wildman–Crippen LogP) is 4.62. The maximum Gasteiger partial charge on any atom is 0.216 e. The molecule has 1 aliphatic heterocycles. The van der Waals surface area contributed by atoms with Crippen LogP contribution in [0.5, 0.6) is 0 Å². The van der Waals surface area contributed by atoms with Crippen molar-refractivity contribution >= 4 is 0 Å². The molecular formula is C20H26N+. The van der Waals surface area contributed by atoms with Crippen molar-refractivity contribution in [2.24, 2.45) is 0 Å². The van der Waals surface area contributed by atoms with Crippen LogP contribution in [0, 0.1) is 0 Å². The number of nitrogens with zero attached hydrogens (tertiary/aromatic N) is 1. The Morgan fingerprint density at radius 2 is 1.67 bits per heavy atom. The minimum absolute atomic E-state index is 0.0560. The fraction of sp³-hybridized carbons (Fsp3) is 0.450. The molecule has 0 radical (unpaired) electrons. The summed E-state index contributed by atoms with van der Waals surface area (Å²) >= 11 is 0. The van der Waals surface area contributed by atoms with E-state index in [4.69, 9.17) is 0 Å². The van der Waals surface area contributed by atoms with Crippen LogP contribution < -0.4 is 4.57 Å². The molecule has 0 fully saturated rings. The van der Waals surface area contributed by atoms with Gasteiger partial charge in [-0.1, -0.05) is 31.5 Å². The molecule has 0 saturated heterocycles. The average Bonchev–Trinajstić information content (AvgIpc) is 2.46. The highest BCUT2D eigenvalue weighted by molar-refractivity contribution is 5.67. The van der Waals surface area contributed by atoms with Gasteiger partial charge >= 0.3 is 0 Å². The molecule has 0 unspecified atom stereocenters. The van der Waals surface area contributed by atoms with Crippen molar-refractivity contribution in [1.82, 2.24) is 0 Å². The highest BCUT2D eigenvalue weighted by atomic mass is 15.1. The van der Waals surface area contributed by atoms with Gasteiger partial charge in [0, 0.05) is 25.5 Å². The number of hydrogen-bond donors (Lipinski definition) is 0. The Morgan fingerprint density at radius 3 is 2.38 bits per heavy atom. The Balaban J connectivity index is 2.39. The zero-order valence-corrected chi connectivity index (χ0v) is 13.9. The van der Waals surface area contributed by atoms with Gasteiger partial charge in [0.15, 0.2) is 11.7 Å². The third-order valence-corrected chi connectivity index (χ3v) is 5.58. The van der Waals surface area contributed by atoms with E-state index in [1.807, 2.05) is 0 Å². The monoisotopic (exact) mass is 280 g/mol. The Labute approximate surface area is 128 Å². The predicted molar refractivity (Wildman–Crippen MR) is 88.4 cm³/mol. The molecule has 0 saturated carbocycles. The molecule has 1 heteroatoms. The van der Waals surface area contributed by atoms with Crippen molar-refractivity contribution in [2.75, 3.05) is 0 Å². The largest absolute Gasteiger partial charge is 0.216 e. The molecule has 1 aliphatic rings. The van der Waals surface area contributed by atoms with E-state index in [9.17, 15) is 0 Å². The lowest BCUT2D eigenvalue weighted by atomic mass is 9.65. The minimum Gasteiger partial charge on any atom is -0.192 e. The molecule has 3 rings (SSSR count). The first-order valence-electron chi connectivity index (χ1n) is 8.05. The summed E-state index contributed by atoms with van der Waals surface area (Å²) in [6, 6.07) is 13.4. The topological polar surface area (TPSA) is 3.88 Å². The summed E-state index contributed by atoms with van der Waals surface area (Å²) in [4.78, 5) is 0. The average molecular weight is 280 g/mol. The molecule has 1 aromatic carbocycles. The zero-order valence-electron chi connectivity index (χ0n) is 13.9. The third kappa shape index (κ3) is 1.87. The summed E-state index contributed by atoms with van der Waals surface area (Å²) in [5.41, 5.74) is 5.92. The first-order chi connectivity index (χ1) is 9.91. The van der Waals surface area contributed by atoms with Gasteiger partial charge in [0.1, 0.15) is 0 Å². The number of rotatable bonds is 2. The van der Waals surface area contributed by atoms with E-state index in [1.54, 1.807) is 0 Å². The van der Waals surface area contributed by atoms with E-state index >= 15 is 0 Å². The summed E-state index contributed by atoms with van der Waals surface area (Å²) in [5, 5.41) is 0. The van der Waals surface area contributed by atoms with Crippen LogP contribution in [0.15, 0.2) is 42.6 Å². The minimum atomic E-state index is 0.0560. The number of aryl methyl sites for hydroxylation is 1. The first-order valence-corrected chi connectivity index (χ1v) is 8.05. The molecule has 0 amide bonds. The van der Waals surface area contributed by atoms with Gasteiger partial charge in [-0.05, 0) is 38.0 Å². The fourth-order valence-corrected chi connectivity index (χ4v) is 3.66. The molecular weight excluding hydrogens is 254 g/mol. The van der Waals surface area contributed by atoms with E-state index in [0.29, 0.717) is 0 Å². The molecule has 0 spiro atoms. The molecule has 0 atom stereocenters. The van der Waals surface area contributed by atoms with E-state index in [-0.39, 0.29) is 11.0 Å². The third-order valence-electron chi connectivity index (χ3n) is 5.58. The second-order valence-electron chi connectivity index (χ2n) is 7.23. The maximum absolute atomic E-state index is 2.50. The van der Waals surface area contributed by atoms with Gasteiger partial charge in [-0.3, -0.25) is 0 Å². The zero-order chi connectivity index (χ0) is 15.3. The van der Waals surface area contributed by atoms with E-state index in [1.165, 1.54) is 28.8 Å². The molecule has 0 N–H and O–H groups in total. The van der Waals surface area contributed by atoms with Gasteiger partial charge in [-0.2, -0.15) is 4.57 Å². The van der Waals surface area contributed by atoms with Crippen LogP contribution in [0.1, 0.15) is 52.2 Å². The van der Waals surface area contributed by atoms with E-state index in [2.05, 4.69) is 81.8 Å². The van der Waals surface area contributed by atoms with Crippen LogP contribution in [0.2, 0.25) is 0 Å². The van der Waals surface area contributed by atoms with Crippen LogP contribution in [0.3, 0.4) is 0 Å². The van der Waals surface area contributed by atoms with Gasteiger partial charge < -0.3 is 0 Å². The van der Waals surface area contributed by atoms with Crippen molar-refractivity contribution in [2.45, 2.75) is 58.4 Å². The van der Waals surface area contributed by atoms with Crippen LogP contribution in [0.25, 0.3) is 11.3 Å². The van der Waals surface area contributed by atoms with Gasteiger partial charge in [0.2, 0.25) is 5.69 Å². The molecule has 1 aromatic heterocycles. The maximum atomic E-state index is 2.50. The summed E-state index contributed by atoms with van der Waals surface area (Å²) in [6.07, 6.45) is 4.58. The summed E-state index contributed by atoms with van der Waals surface area (Å²) in [6.45, 7) is 11.7. The molecule has 1 nitrogen and oxygen atoms in total. The van der Waals surface area contributed by atoms with Crippen LogP contribution in [-0.2, 0) is 17.4 Å². The normalized spacial score (nSPS) is 18.0. The van der Waals surface area contributed by atoms with Gasteiger partial charge in [-0.15, -0.1) is 0 Å². The number of aromatic nitrogens is 1. The lowest BCUT2D eigenvalue weighted by molar-refractivity contribution is -0.760. The smallest absolute Gasteiger partial charge is 0.192 e. The lowest BCUT2D eigenvalue weighted by Crippen LogP contribution is -2.65. The SMILES string of the molecule is CCCc1ccc[n+]2c1-c1ccccc1C(C)(C)C2(C)C. The van der Waals surface area contributed by atoms with Gasteiger partial charge in [0.25, 0.3) is 0 Å². The van der Waals surface area contributed by atoms with Crippen LogP contribution >= 0.6 is 0 Å². The standard InChI is InChI=1S/C20H26N/c1-6-10-15-11-9-14-21-18(15)16-12-7-8-13-17(16)19(2,3)20(21,4)5/h7-9,11-14H,6,10H2,1-5H3/q+1. The van der Waals surface area contributed by atoms with E-state index in [0.717, 1.165) is 6.42 Å². The number of hydrogen-bond acceptors (Lipinski definition) is 0. The van der Waals surface area contributed by atoms with Crippen molar-refractivity contribution in [1.29, 1.82) is 0 Å². The van der Waals surface area contributed by atoms with Gasteiger partial charge in [0.05, 0.1) is 11.0 Å².